The predicted molar refractivity (Wildman–Crippen MR) is 91.2 cm³/mol. The third-order valence-electron chi connectivity index (χ3n) is 5.81. The Balaban J connectivity index is 0.00000156. The van der Waals surface area contributed by atoms with Crippen LogP contribution >= 0.6 is 12.4 Å². The molecule has 1 amide bonds. The number of rotatable bonds is 3. The second kappa shape index (κ2) is 6.78. The van der Waals surface area contributed by atoms with Crippen LogP contribution in [0.4, 0.5) is 10.1 Å². The lowest BCUT2D eigenvalue weighted by molar-refractivity contribution is -0.117. The maximum atomic E-state index is 14.5. The van der Waals surface area contributed by atoms with Crippen LogP contribution < -0.4 is 10.6 Å². The van der Waals surface area contributed by atoms with Gasteiger partial charge in [0.2, 0.25) is 5.91 Å². The molecule has 5 heteroatoms. The number of carbonyl (C=O) groups excluding carboxylic acids is 1. The van der Waals surface area contributed by atoms with Crippen LogP contribution in [-0.4, -0.2) is 12.5 Å². The largest absolute Gasteiger partial charge is 0.324 e. The van der Waals surface area contributed by atoms with Crippen LogP contribution in [0.15, 0.2) is 12.1 Å². The van der Waals surface area contributed by atoms with Gasteiger partial charge in [0.1, 0.15) is 5.82 Å². The highest BCUT2D eigenvalue weighted by atomic mass is 35.5. The van der Waals surface area contributed by atoms with E-state index in [1.54, 1.807) is 6.07 Å². The third-order valence-corrected chi connectivity index (χ3v) is 5.81. The van der Waals surface area contributed by atoms with Gasteiger partial charge in [0.15, 0.2) is 0 Å². The summed E-state index contributed by atoms with van der Waals surface area (Å²) in [4.78, 5) is 12.3. The first-order chi connectivity index (χ1) is 10.7. The van der Waals surface area contributed by atoms with Crippen LogP contribution in [0.5, 0.6) is 0 Å². The number of anilines is 1. The number of benzene rings is 1. The normalized spacial score (nSPS) is 28.1. The minimum Gasteiger partial charge on any atom is -0.324 e. The Labute approximate surface area is 142 Å². The molecule has 2 saturated carbocycles. The number of hydrogen-bond donors (Lipinski definition) is 2. The van der Waals surface area contributed by atoms with Gasteiger partial charge in [-0.05, 0) is 67.2 Å². The van der Waals surface area contributed by atoms with Gasteiger partial charge < -0.3 is 10.6 Å². The minimum atomic E-state index is -0.236. The molecule has 0 radical (unpaired) electrons. The van der Waals surface area contributed by atoms with Crippen molar-refractivity contribution in [2.24, 2.45) is 17.8 Å². The summed E-state index contributed by atoms with van der Waals surface area (Å²) in [5, 5.41) is 6.05. The molecule has 23 heavy (non-hydrogen) atoms. The Morgan fingerprint density at radius 2 is 2.17 bits per heavy atom. The van der Waals surface area contributed by atoms with E-state index in [4.69, 9.17) is 0 Å². The standard InChI is InChI=1S/C18H23FN2O.ClH/c19-18-15-5-6-20-10-13(15)3-4-16(18)21-17(22)9-14-8-11-1-2-12(14)7-11;/h3-4,11-12,14,20H,1-2,5-10H2,(H,21,22);1H. The molecule has 3 unspecified atom stereocenters. The van der Waals surface area contributed by atoms with Crippen molar-refractivity contribution in [3.8, 4) is 0 Å². The smallest absolute Gasteiger partial charge is 0.224 e. The van der Waals surface area contributed by atoms with E-state index in [1.807, 2.05) is 6.07 Å². The molecule has 3 atom stereocenters. The summed E-state index contributed by atoms with van der Waals surface area (Å²) in [5.41, 5.74) is 2.13. The van der Waals surface area contributed by atoms with Crippen LogP contribution in [0.25, 0.3) is 0 Å². The number of fused-ring (bicyclic) bond motifs is 3. The minimum absolute atomic E-state index is 0. The first-order valence-corrected chi connectivity index (χ1v) is 8.51. The van der Waals surface area contributed by atoms with E-state index >= 15 is 0 Å². The van der Waals surface area contributed by atoms with Gasteiger partial charge in [-0.15, -0.1) is 12.4 Å². The molecule has 2 N–H and O–H groups in total. The van der Waals surface area contributed by atoms with Crippen molar-refractivity contribution in [3.63, 3.8) is 0 Å². The van der Waals surface area contributed by atoms with Crippen molar-refractivity contribution in [2.45, 2.75) is 45.1 Å². The van der Waals surface area contributed by atoms with Crippen LogP contribution in [0.2, 0.25) is 0 Å². The Morgan fingerprint density at radius 1 is 1.30 bits per heavy atom. The van der Waals surface area contributed by atoms with Gasteiger partial charge in [-0.2, -0.15) is 0 Å². The van der Waals surface area contributed by atoms with Gasteiger partial charge in [-0.1, -0.05) is 12.5 Å². The Kier molecular flexibility index (Phi) is 4.93. The Hall–Kier alpha value is -1.13. The summed E-state index contributed by atoms with van der Waals surface area (Å²) >= 11 is 0. The first kappa shape index (κ1) is 16.7. The molecule has 3 aliphatic rings. The van der Waals surface area contributed by atoms with Gasteiger partial charge in [0.25, 0.3) is 0 Å². The maximum absolute atomic E-state index is 14.5. The molecule has 2 bridgehead atoms. The number of nitrogens with one attached hydrogen (secondary N) is 2. The molecule has 126 valence electrons. The molecular formula is C18H24ClFN2O. The molecular weight excluding hydrogens is 315 g/mol. The molecule has 4 rings (SSSR count). The summed E-state index contributed by atoms with van der Waals surface area (Å²) in [6.07, 6.45) is 6.37. The van der Waals surface area contributed by atoms with Crippen LogP contribution in [-0.2, 0) is 17.8 Å². The second-order valence-electron chi connectivity index (χ2n) is 7.18. The Bertz CT molecular complexity index is 607. The zero-order valence-electron chi connectivity index (χ0n) is 13.2. The SMILES string of the molecule is Cl.O=C(CC1CC2CCC1C2)Nc1ccc2c(c1F)CCNC2. The molecule has 0 saturated heterocycles. The average molecular weight is 339 g/mol. The fourth-order valence-electron chi connectivity index (χ4n) is 4.70. The molecule has 1 aliphatic heterocycles. The molecule has 2 aliphatic carbocycles. The summed E-state index contributed by atoms with van der Waals surface area (Å²) in [5.74, 6) is 1.83. The van der Waals surface area contributed by atoms with E-state index in [0.29, 0.717) is 31.0 Å². The second-order valence-corrected chi connectivity index (χ2v) is 7.18. The monoisotopic (exact) mass is 338 g/mol. The highest BCUT2D eigenvalue weighted by molar-refractivity contribution is 5.91. The van der Waals surface area contributed by atoms with Crippen LogP contribution in [0, 0.1) is 23.6 Å². The zero-order chi connectivity index (χ0) is 15.1. The predicted octanol–water partition coefficient (Wildman–Crippen LogP) is 3.66. The van der Waals surface area contributed by atoms with Crippen molar-refractivity contribution in [2.75, 3.05) is 11.9 Å². The first-order valence-electron chi connectivity index (χ1n) is 8.51. The number of carbonyl (C=O) groups is 1. The average Bonchev–Trinajstić information content (AvgIpc) is 3.13. The fourth-order valence-corrected chi connectivity index (χ4v) is 4.70. The zero-order valence-corrected chi connectivity index (χ0v) is 14.1. The van der Waals surface area contributed by atoms with Crippen LogP contribution in [0.3, 0.4) is 0 Å². The quantitative estimate of drug-likeness (QED) is 0.883. The highest BCUT2D eigenvalue weighted by Gasteiger charge is 2.40. The third kappa shape index (κ3) is 3.24. The topological polar surface area (TPSA) is 41.1 Å². The van der Waals surface area contributed by atoms with Gasteiger partial charge in [-0.25, -0.2) is 4.39 Å². The molecule has 1 heterocycles. The van der Waals surface area contributed by atoms with E-state index < -0.39 is 0 Å². The van der Waals surface area contributed by atoms with Crippen molar-refractivity contribution in [1.29, 1.82) is 0 Å². The highest BCUT2D eigenvalue weighted by Crippen LogP contribution is 2.49. The number of amides is 1. The molecule has 1 aromatic carbocycles. The molecule has 0 aromatic heterocycles. The van der Waals surface area contributed by atoms with Crippen molar-refractivity contribution in [1.82, 2.24) is 5.32 Å². The molecule has 3 nitrogen and oxygen atoms in total. The molecule has 2 fully saturated rings. The van der Waals surface area contributed by atoms with Gasteiger partial charge in [0, 0.05) is 13.0 Å². The van der Waals surface area contributed by atoms with E-state index in [1.165, 1.54) is 25.7 Å². The molecule has 1 aromatic rings. The van der Waals surface area contributed by atoms with Crippen molar-refractivity contribution in [3.05, 3.63) is 29.1 Å². The Morgan fingerprint density at radius 3 is 2.91 bits per heavy atom. The van der Waals surface area contributed by atoms with E-state index in [9.17, 15) is 9.18 Å². The summed E-state index contributed by atoms with van der Waals surface area (Å²) < 4.78 is 14.5. The van der Waals surface area contributed by atoms with E-state index in [-0.39, 0.29) is 24.1 Å². The lowest BCUT2D eigenvalue weighted by Gasteiger charge is -2.22. The summed E-state index contributed by atoms with van der Waals surface area (Å²) in [6.45, 7) is 1.51. The van der Waals surface area contributed by atoms with Gasteiger partial charge >= 0.3 is 0 Å². The maximum Gasteiger partial charge on any atom is 0.224 e. The summed E-state index contributed by atoms with van der Waals surface area (Å²) in [7, 11) is 0. The van der Waals surface area contributed by atoms with Crippen molar-refractivity contribution < 1.29 is 9.18 Å². The van der Waals surface area contributed by atoms with E-state index in [2.05, 4.69) is 10.6 Å². The fraction of sp³-hybridized carbons (Fsp3) is 0.611. The van der Waals surface area contributed by atoms with Gasteiger partial charge in [-0.3, -0.25) is 4.79 Å². The lowest BCUT2D eigenvalue weighted by Crippen LogP contribution is -2.25. The van der Waals surface area contributed by atoms with Crippen molar-refractivity contribution >= 4 is 24.0 Å². The number of halogens is 2. The molecule has 0 spiro atoms. The van der Waals surface area contributed by atoms with Crippen LogP contribution in [0.1, 0.15) is 43.2 Å². The van der Waals surface area contributed by atoms with Gasteiger partial charge in [0.05, 0.1) is 5.69 Å². The lowest BCUT2D eigenvalue weighted by atomic mass is 9.86. The van der Waals surface area contributed by atoms with E-state index in [0.717, 1.165) is 29.5 Å². The summed E-state index contributed by atoms with van der Waals surface area (Å²) in [6, 6.07) is 3.64. The number of hydrogen-bond acceptors (Lipinski definition) is 2.